The van der Waals surface area contributed by atoms with Crippen LogP contribution in [0.1, 0.15) is 80.1 Å². The Hall–Kier alpha value is -6.42. The molecular weight excluding hydrogens is 644 g/mol. The number of para-hydroxylation sites is 2. The number of imide groups is 1. The maximum absolute atomic E-state index is 13.9. The van der Waals surface area contributed by atoms with Crippen molar-refractivity contribution in [2.45, 2.75) is 45.2 Å². The van der Waals surface area contributed by atoms with Crippen molar-refractivity contribution in [2.75, 3.05) is 4.90 Å². The number of aliphatic hydroxyl groups excluding tert-OH is 1. The van der Waals surface area contributed by atoms with Crippen LogP contribution in [-0.2, 0) is 0 Å². The van der Waals surface area contributed by atoms with E-state index in [4.69, 9.17) is 4.74 Å². The molecule has 254 valence electrons. The number of rotatable bonds is 10. The number of carbonyl (C=O) groups excluding carboxylic acids is 4. The number of esters is 1. The number of ether oxygens (including phenoxy) is 1. The highest BCUT2D eigenvalue weighted by Gasteiger charge is 2.44. The number of fused-ring (bicyclic) bond motifs is 2. The minimum Gasteiger partial charge on any atom is -0.505 e. The van der Waals surface area contributed by atoms with Gasteiger partial charge in [-0.15, -0.1) is 10.2 Å². The molecule has 0 saturated heterocycles. The SMILES string of the molecule is CCC(CC)N1C(=O)c2c(N=NC3=C(O)c4ccc(N(c5ccccc5)C5C=CC=CC5)cc4C3=O)ccc(C(=O)Oc3ccccc3)c2C1=O. The Labute approximate surface area is 294 Å². The van der Waals surface area contributed by atoms with Gasteiger partial charge in [0.25, 0.3) is 11.8 Å². The Bertz CT molecular complexity index is 2180. The summed E-state index contributed by atoms with van der Waals surface area (Å²) in [6.07, 6.45) is 9.95. The molecule has 0 aromatic heterocycles. The van der Waals surface area contributed by atoms with Gasteiger partial charge >= 0.3 is 5.97 Å². The largest absolute Gasteiger partial charge is 0.505 e. The number of benzene rings is 4. The van der Waals surface area contributed by atoms with E-state index >= 15 is 0 Å². The van der Waals surface area contributed by atoms with Gasteiger partial charge in [-0.25, -0.2) is 4.79 Å². The summed E-state index contributed by atoms with van der Waals surface area (Å²) in [4.78, 5) is 58.1. The van der Waals surface area contributed by atoms with Gasteiger partial charge in [0.1, 0.15) is 5.75 Å². The molecule has 0 saturated carbocycles. The van der Waals surface area contributed by atoms with Gasteiger partial charge in [-0.2, -0.15) is 0 Å². The van der Waals surface area contributed by atoms with Gasteiger partial charge in [0.2, 0.25) is 5.78 Å². The van der Waals surface area contributed by atoms with E-state index in [1.165, 1.54) is 12.1 Å². The number of azo groups is 1. The first-order valence-electron chi connectivity index (χ1n) is 16.9. The van der Waals surface area contributed by atoms with Crippen molar-refractivity contribution < 1.29 is 29.0 Å². The summed E-state index contributed by atoms with van der Waals surface area (Å²) in [6, 6.07) is 25.8. The fraction of sp³-hybridized carbons (Fsp3) is 0.171. The number of aliphatic hydroxyl groups is 1. The molecule has 10 heteroatoms. The third-order valence-electron chi connectivity index (χ3n) is 9.33. The van der Waals surface area contributed by atoms with Gasteiger partial charge in [-0.3, -0.25) is 19.3 Å². The number of Topliss-reactive ketones (excluding diaryl/α,β-unsaturated/α-hetero) is 1. The molecule has 2 aliphatic carbocycles. The monoisotopic (exact) mass is 678 g/mol. The topological polar surface area (TPSA) is 129 Å². The molecule has 3 aliphatic rings. The summed E-state index contributed by atoms with van der Waals surface area (Å²) in [5, 5.41) is 19.6. The highest BCUT2D eigenvalue weighted by molar-refractivity contribution is 6.27. The van der Waals surface area contributed by atoms with Crippen molar-refractivity contribution in [1.82, 2.24) is 4.90 Å². The van der Waals surface area contributed by atoms with Crippen LogP contribution < -0.4 is 9.64 Å². The molecule has 1 heterocycles. The Kier molecular flexibility index (Phi) is 8.98. The molecule has 1 unspecified atom stereocenters. The minimum atomic E-state index is -0.810. The van der Waals surface area contributed by atoms with Gasteiger partial charge in [0.05, 0.1) is 28.4 Å². The third-order valence-corrected chi connectivity index (χ3v) is 9.33. The van der Waals surface area contributed by atoms with E-state index in [-0.39, 0.29) is 51.2 Å². The normalized spacial score (nSPS) is 16.4. The second-order valence-electron chi connectivity index (χ2n) is 12.3. The van der Waals surface area contributed by atoms with Crippen LogP contribution in [0, 0.1) is 0 Å². The van der Waals surface area contributed by atoms with Gasteiger partial charge in [-0.1, -0.05) is 74.5 Å². The zero-order valence-electron chi connectivity index (χ0n) is 28.0. The molecule has 0 fully saturated rings. The van der Waals surface area contributed by atoms with E-state index in [0.717, 1.165) is 22.7 Å². The number of anilines is 2. The first-order chi connectivity index (χ1) is 24.8. The number of ketones is 1. The van der Waals surface area contributed by atoms with Crippen LogP contribution in [0.2, 0.25) is 0 Å². The molecular formula is C41H34N4O6. The predicted octanol–water partition coefficient (Wildman–Crippen LogP) is 8.92. The number of nitrogens with zero attached hydrogens (tertiary/aromatic N) is 4. The van der Waals surface area contributed by atoms with E-state index in [1.807, 2.05) is 62.4 Å². The highest BCUT2D eigenvalue weighted by Crippen LogP contribution is 2.40. The molecule has 2 amide bonds. The van der Waals surface area contributed by atoms with Crippen molar-refractivity contribution in [3.05, 3.63) is 149 Å². The maximum Gasteiger partial charge on any atom is 0.344 e. The van der Waals surface area contributed by atoms with Crippen LogP contribution >= 0.6 is 0 Å². The second kappa shape index (κ2) is 13.8. The lowest BCUT2D eigenvalue weighted by atomic mass is 10.0. The van der Waals surface area contributed by atoms with Crippen LogP contribution in [0.3, 0.4) is 0 Å². The number of allylic oxidation sites excluding steroid dienone is 3. The molecule has 0 spiro atoms. The standard InChI is InChI=1S/C41H34N4O6/c1-3-25(4-2)45-39(48)34-31(41(50)51-29-18-12-7-13-19-29)22-23-33(35(34)40(45)49)42-43-36-37(46)30-21-20-28(24-32(30)38(36)47)44(26-14-8-5-9-15-26)27-16-10-6-11-17-27/h5-16,18-25,27,46H,3-4,17H2,1-2H3. The Morgan fingerprint density at radius 3 is 2.24 bits per heavy atom. The molecule has 4 aromatic rings. The third kappa shape index (κ3) is 5.94. The average molecular weight is 679 g/mol. The van der Waals surface area contributed by atoms with E-state index < -0.39 is 29.6 Å². The quantitative estimate of drug-likeness (QED) is 0.0767. The Morgan fingerprint density at radius 2 is 1.55 bits per heavy atom. The minimum absolute atomic E-state index is 0.00235. The molecule has 1 N–H and O–H groups in total. The molecule has 10 nitrogen and oxygen atoms in total. The lowest BCUT2D eigenvalue weighted by Gasteiger charge is -2.32. The molecule has 1 aliphatic heterocycles. The van der Waals surface area contributed by atoms with E-state index in [0.29, 0.717) is 18.4 Å². The van der Waals surface area contributed by atoms with Crippen LogP contribution in [0.5, 0.6) is 5.75 Å². The van der Waals surface area contributed by atoms with Crippen LogP contribution in [0.25, 0.3) is 5.76 Å². The second-order valence-corrected chi connectivity index (χ2v) is 12.3. The lowest BCUT2D eigenvalue weighted by molar-refractivity contribution is 0.0570. The molecule has 1 atom stereocenters. The highest BCUT2D eigenvalue weighted by atomic mass is 16.5. The molecule has 0 bridgehead atoms. The van der Waals surface area contributed by atoms with Gasteiger partial charge in [0, 0.05) is 28.5 Å². The van der Waals surface area contributed by atoms with E-state index in [1.54, 1.807) is 42.5 Å². The Morgan fingerprint density at radius 1 is 0.843 bits per heavy atom. The van der Waals surface area contributed by atoms with Crippen molar-refractivity contribution in [3.63, 3.8) is 0 Å². The summed E-state index contributed by atoms with van der Waals surface area (Å²) in [5.74, 6) is -2.68. The predicted molar refractivity (Wildman–Crippen MR) is 193 cm³/mol. The summed E-state index contributed by atoms with van der Waals surface area (Å²) in [6.45, 7) is 3.74. The summed E-state index contributed by atoms with van der Waals surface area (Å²) in [7, 11) is 0. The van der Waals surface area contributed by atoms with Gasteiger partial charge in [-0.05, 0) is 73.9 Å². The lowest BCUT2D eigenvalue weighted by Crippen LogP contribution is -2.39. The van der Waals surface area contributed by atoms with Crippen molar-refractivity contribution in [3.8, 4) is 5.75 Å². The molecule has 0 radical (unpaired) electrons. The van der Waals surface area contributed by atoms with Crippen LogP contribution in [-0.4, -0.2) is 45.7 Å². The molecule has 51 heavy (non-hydrogen) atoms. The van der Waals surface area contributed by atoms with Crippen molar-refractivity contribution in [1.29, 1.82) is 0 Å². The average Bonchev–Trinajstić information content (AvgIpc) is 3.56. The molecule has 4 aromatic carbocycles. The summed E-state index contributed by atoms with van der Waals surface area (Å²) in [5.41, 5.74) is 1.59. The van der Waals surface area contributed by atoms with Crippen molar-refractivity contribution in [2.24, 2.45) is 10.2 Å². The van der Waals surface area contributed by atoms with Crippen molar-refractivity contribution >= 4 is 46.4 Å². The van der Waals surface area contributed by atoms with E-state index in [9.17, 15) is 24.3 Å². The smallest absolute Gasteiger partial charge is 0.344 e. The van der Waals surface area contributed by atoms with Gasteiger partial charge in [0.15, 0.2) is 11.5 Å². The molecule has 7 rings (SSSR count). The zero-order chi connectivity index (χ0) is 35.6. The summed E-state index contributed by atoms with van der Waals surface area (Å²) < 4.78 is 5.53. The number of amides is 2. The number of hydrogen-bond donors (Lipinski definition) is 1. The maximum atomic E-state index is 13.9. The van der Waals surface area contributed by atoms with Crippen LogP contribution in [0.4, 0.5) is 17.1 Å². The van der Waals surface area contributed by atoms with E-state index in [2.05, 4.69) is 27.3 Å². The number of carbonyl (C=O) groups is 4. The van der Waals surface area contributed by atoms with Crippen LogP contribution in [0.15, 0.2) is 131 Å². The van der Waals surface area contributed by atoms with Gasteiger partial charge < -0.3 is 14.7 Å². The Balaban J connectivity index is 1.24. The first kappa shape index (κ1) is 33.1. The first-order valence-corrected chi connectivity index (χ1v) is 16.9. The fourth-order valence-corrected chi connectivity index (χ4v) is 6.77. The zero-order valence-corrected chi connectivity index (χ0v) is 28.0. The number of hydrogen-bond acceptors (Lipinski definition) is 9. The fourth-order valence-electron chi connectivity index (χ4n) is 6.77. The summed E-state index contributed by atoms with van der Waals surface area (Å²) >= 11 is 0.